The zero-order valence-electron chi connectivity index (χ0n) is 12.5. The average Bonchev–Trinajstić information content (AvgIpc) is 3.12. The second-order valence-corrected chi connectivity index (χ2v) is 6.46. The highest BCUT2D eigenvalue weighted by molar-refractivity contribution is 7.22. The van der Waals surface area contributed by atoms with Crippen LogP contribution in [-0.2, 0) is 0 Å². The van der Waals surface area contributed by atoms with Gasteiger partial charge in [0.25, 0.3) is 5.91 Å². The minimum Gasteiger partial charge on any atom is -0.298 e. The number of carbonyl (C=O) groups excluding carboxylic acids is 1. The van der Waals surface area contributed by atoms with Crippen LogP contribution < -0.4 is 5.32 Å². The summed E-state index contributed by atoms with van der Waals surface area (Å²) in [6.07, 6.45) is 0. The molecule has 7 heteroatoms. The number of hydrogen-bond acceptors (Lipinski definition) is 5. The highest BCUT2D eigenvalue weighted by atomic mass is 32.1. The van der Waals surface area contributed by atoms with Crippen molar-refractivity contribution < 1.29 is 4.79 Å². The smallest absolute Gasteiger partial charge is 0.257 e. The number of amides is 1. The first-order valence-corrected chi connectivity index (χ1v) is 7.91. The lowest BCUT2D eigenvalue weighted by Gasteiger charge is -2.00. The molecule has 0 radical (unpaired) electrons. The summed E-state index contributed by atoms with van der Waals surface area (Å²) < 4.78 is 1.07. The number of fused-ring (bicyclic) bond motifs is 2. The van der Waals surface area contributed by atoms with Gasteiger partial charge < -0.3 is 0 Å². The van der Waals surface area contributed by atoms with Crippen LogP contribution >= 0.6 is 11.3 Å². The van der Waals surface area contributed by atoms with Gasteiger partial charge in [0.1, 0.15) is 11.0 Å². The fourth-order valence-electron chi connectivity index (χ4n) is 2.57. The van der Waals surface area contributed by atoms with Crippen molar-refractivity contribution in [2.45, 2.75) is 13.8 Å². The lowest BCUT2D eigenvalue weighted by molar-refractivity contribution is 0.102. The van der Waals surface area contributed by atoms with Crippen molar-refractivity contribution in [3.05, 3.63) is 47.0 Å². The molecule has 2 aromatic carbocycles. The van der Waals surface area contributed by atoms with Crippen LogP contribution in [-0.4, -0.2) is 26.3 Å². The normalized spacial score (nSPS) is 11.2. The van der Waals surface area contributed by atoms with Crippen LogP contribution in [0.5, 0.6) is 0 Å². The number of benzene rings is 2. The topological polar surface area (TPSA) is 83.6 Å². The lowest BCUT2D eigenvalue weighted by atomic mass is 10.1. The second-order valence-electron chi connectivity index (χ2n) is 5.43. The minimum atomic E-state index is -0.205. The van der Waals surface area contributed by atoms with Gasteiger partial charge in [0.15, 0.2) is 5.13 Å². The molecule has 0 saturated carbocycles. The molecule has 23 heavy (non-hydrogen) atoms. The van der Waals surface area contributed by atoms with E-state index >= 15 is 0 Å². The van der Waals surface area contributed by atoms with Gasteiger partial charge in [0.2, 0.25) is 0 Å². The Bertz CT molecular complexity index is 1050. The van der Waals surface area contributed by atoms with E-state index in [2.05, 4.69) is 44.8 Å². The van der Waals surface area contributed by atoms with E-state index in [1.807, 2.05) is 6.92 Å². The van der Waals surface area contributed by atoms with Gasteiger partial charge in [-0.2, -0.15) is 15.4 Å². The zero-order valence-corrected chi connectivity index (χ0v) is 13.4. The molecule has 0 unspecified atom stereocenters. The number of H-pyrrole nitrogens is 1. The van der Waals surface area contributed by atoms with Gasteiger partial charge in [-0.1, -0.05) is 17.4 Å². The number of nitrogens with zero attached hydrogens (tertiary/aromatic N) is 3. The molecule has 6 nitrogen and oxygen atoms in total. The molecule has 0 aliphatic carbocycles. The summed E-state index contributed by atoms with van der Waals surface area (Å²) in [5.74, 6) is -0.205. The highest BCUT2D eigenvalue weighted by Crippen LogP contribution is 2.29. The Hall–Kier alpha value is -2.80. The molecular formula is C16H13N5OS. The number of aromatic nitrogens is 4. The molecular weight excluding hydrogens is 310 g/mol. The SMILES string of the molecule is Cc1cc(C)c2nc(NC(=O)c3ccc4n[nH]nc4c3)sc2c1. The number of nitrogens with one attached hydrogen (secondary N) is 2. The van der Waals surface area contributed by atoms with E-state index in [0.29, 0.717) is 16.2 Å². The number of aromatic amines is 1. The standard InChI is InChI=1S/C16H13N5OS/c1-8-5-9(2)14-13(6-8)23-16(17-14)18-15(22)10-3-4-11-12(7-10)20-21-19-11/h3-7H,1-2H3,(H,17,18,22)(H,19,20,21). The molecule has 0 atom stereocenters. The van der Waals surface area contributed by atoms with Crippen LogP contribution in [0.3, 0.4) is 0 Å². The lowest BCUT2D eigenvalue weighted by Crippen LogP contribution is -2.11. The third-order valence-electron chi connectivity index (χ3n) is 3.63. The molecule has 2 N–H and O–H groups in total. The van der Waals surface area contributed by atoms with Crippen LogP contribution in [0.15, 0.2) is 30.3 Å². The van der Waals surface area contributed by atoms with E-state index in [1.165, 1.54) is 16.9 Å². The molecule has 4 aromatic rings. The van der Waals surface area contributed by atoms with Crippen molar-refractivity contribution in [1.29, 1.82) is 0 Å². The van der Waals surface area contributed by atoms with E-state index in [1.54, 1.807) is 18.2 Å². The van der Waals surface area contributed by atoms with Gasteiger partial charge in [-0.25, -0.2) is 4.98 Å². The first-order valence-electron chi connectivity index (χ1n) is 7.10. The predicted octanol–water partition coefficient (Wildman–Crippen LogP) is 3.44. The maximum atomic E-state index is 12.4. The van der Waals surface area contributed by atoms with Crippen molar-refractivity contribution in [3.63, 3.8) is 0 Å². The zero-order chi connectivity index (χ0) is 16.0. The van der Waals surface area contributed by atoms with Crippen molar-refractivity contribution in [1.82, 2.24) is 20.4 Å². The van der Waals surface area contributed by atoms with Gasteiger partial charge in [-0.3, -0.25) is 10.1 Å². The quantitative estimate of drug-likeness (QED) is 0.592. The summed E-state index contributed by atoms with van der Waals surface area (Å²) in [5.41, 5.74) is 5.15. The van der Waals surface area contributed by atoms with E-state index in [9.17, 15) is 4.79 Å². The Labute approximate surface area is 135 Å². The van der Waals surface area contributed by atoms with E-state index < -0.39 is 0 Å². The number of hydrogen-bond donors (Lipinski definition) is 2. The number of aryl methyl sites for hydroxylation is 2. The van der Waals surface area contributed by atoms with Crippen molar-refractivity contribution >= 4 is 43.6 Å². The first kappa shape index (κ1) is 13.8. The van der Waals surface area contributed by atoms with E-state index in [4.69, 9.17) is 0 Å². The Kier molecular flexibility index (Phi) is 3.09. The van der Waals surface area contributed by atoms with Crippen molar-refractivity contribution in [3.8, 4) is 0 Å². The van der Waals surface area contributed by atoms with Crippen LogP contribution in [0, 0.1) is 13.8 Å². The summed E-state index contributed by atoms with van der Waals surface area (Å²) in [6.45, 7) is 4.08. The molecule has 0 aliphatic heterocycles. The molecule has 4 rings (SSSR count). The van der Waals surface area contributed by atoms with Crippen LogP contribution in [0.25, 0.3) is 21.3 Å². The van der Waals surface area contributed by atoms with Gasteiger partial charge in [-0.15, -0.1) is 0 Å². The molecule has 0 spiro atoms. The third kappa shape index (κ3) is 2.44. The highest BCUT2D eigenvalue weighted by Gasteiger charge is 2.12. The largest absolute Gasteiger partial charge is 0.298 e. The summed E-state index contributed by atoms with van der Waals surface area (Å²) >= 11 is 1.48. The molecule has 0 bridgehead atoms. The predicted molar refractivity (Wildman–Crippen MR) is 90.9 cm³/mol. The Morgan fingerprint density at radius 1 is 1.13 bits per heavy atom. The average molecular weight is 323 g/mol. The summed E-state index contributed by atoms with van der Waals surface area (Å²) in [4.78, 5) is 16.9. The van der Waals surface area contributed by atoms with Gasteiger partial charge in [-0.05, 0) is 49.2 Å². The molecule has 0 fully saturated rings. The fraction of sp³-hybridized carbons (Fsp3) is 0.125. The van der Waals surface area contributed by atoms with Crippen molar-refractivity contribution in [2.75, 3.05) is 5.32 Å². The molecule has 0 aliphatic rings. The van der Waals surface area contributed by atoms with Gasteiger partial charge >= 0.3 is 0 Å². The molecule has 1 amide bonds. The third-order valence-corrected chi connectivity index (χ3v) is 4.55. The fourth-order valence-corrected chi connectivity index (χ4v) is 3.61. The summed E-state index contributed by atoms with van der Waals surface area (Å²) in [5, 5.41) is 14.0. The second kappa shape index (κ2) is 5.13. The maximum absolute atomic E-state index is 12.4. The van der Waals surface area contributed by atoms with Crippen LogP contribution in [0.1, 0.15) is 21.5 Å². The number of thiazole rings is 1. The molecule has 2 heterocycles. The van der Waals surface area contributed by atoms with Crippen LogP contribution in [0.4, 0.5) is 5.13 Å². The molecule has 114 valence electrons. The van der Waals surface area contributed by atoms with Gasteiger partial charge in [0.05, 0.1) is 10.2 Å². The minimum absolute atomic E-state index is 0.205. The van der Waals surface area contributed by atoms with E-state index in [-0.39, 0.29) is 5.91 Å². The Balaban J connectivity index is 1.66. The molecule has 2 aromatic heterocycles. The summed E-state index contributed by atoms with van der Waals surface area (Å²) in [6, 6.07) is 9.36. The first-order chi connectivity index (χ1) is 11.1. The van der Waals surface area contributed by atoms with Crippen LogP contribution in [0.2, 0.25) is 0 Å². The Morgan fingerprint density at radius 2 is 1.96 bits per heavy atom. The number of carbonyl (C=O) groups is 1. The van der Waals surface area contributed by atoms with Crippen molar-refractivity contribution in [2.24, 2.45) is 0 Å². The summed E-state index contributed by atoms with van der Waals surface area (Å²) in [7, 11) is 0. The number of anilines is 1. The molecule has 0 saturated heterocycles. The number of rotatable bonds is 2. The van der Waals surface area contributed by atoms with Gasteiger partial charge in [0, 0.05) is 5.56 Å². The maximum Gasteiger partial charge on any atom is 0.257 e. The monoisotopic (exact) mass is 323 g/mol. The Morgan fingerprint density at radius 3 is 2.83 bits per heavy atom. The van der Waals surface area contributed by atoms with E-state index in [0.717, 1.165) is 21.3 Å².